The average molecular weight is 338 g/mol. The van der Waals surface area contributed by atoms with Gasteiger partial charge < -0.3 is 10.1 Å². The van der Waals surface area contributed by atoms with Crippen LogP contribution in [0.5, 0.6) is 11.6 Å². The van der Waals surface area contributed by atoms with Crippen LogP contribution in [0.1, 0.15) is 23.7 Å². The van der Waals surface area contributed by atoms with Crippen molar-refractivity contribution in [2.45, 2.75) is 27.3 Å². The molecule has 0 saturated carbocycles. The van der Waals surface area contributed by atoms with Crippen LogP contribution in [0.4, 0.5) is 0 Å². The fourth-order valence-corrected chi connectivity index (χ4v) is 2.39. The minimum atomic E-state index is 0.762. The molecule has 0 atom stereocenters. The van der Waals surface area contributed by atoms with Crippen LogP contribution in [0.25, 0.3) is 0 Å². The second-order valence-corrected chi connectivity index (χ2v) is 5.70. The van der Waals surface area contributed by atoms with Crippen LogP contribution in [-0.4, -0.2) is 16.3 Å². The van der Waals surface area contributed by atoms with E-state index < -0.39 is 0 Å². The zero-order chi connectivity index (χ0) is 14.7. The maximum absolute atomic E-state index is 6.10. The SMILES string of the molecule is CCNCc1c(C)nn(C)c1Oc1cc(Br)ccc1C. The maximum Gasteiger partial charge on any atom is 0.222 e. The Labute approximate surface area is 128 Å². The van der Waals surface area contributed by atoms with Crippen molar-refractivity contribution in [3.8, 4) is 11.6 Å². The van der Waals surface area contributed by atoms with Crippen molar-refractivity contribution in [2.75, 3.05) is 6.54 Å². The third-order valence-corrected chi connectivity index (χ3v) is 3.69. The zero-order valence-electron chi connectivity index (χ0n) is 12.3. The molecule has 0 aliphatic rings. The van der Waals surface area contributed by atoms with Crippen molar-refractivity contribution in [2.24, 2.45) is 7.05 Å². The molecule has 0 bridgehead atoms. The van der Waals surface area contributed by atoms with Gasteiger partial charge in [0.25, 0.3) is 0 Å². The predicted molar refractivity (Wildman–Crippen MR) is 84.3 cm³/mol. The summed E-state index contributed by atoms with van der Waals surface area (Å²) in [6.45, 7) is 7.81. The first-order valence-corrected chi connectivity index (χ1v) is 7.49. The number of rotatable bonds is 5. The largest absolute Gasteiger partial charge is 0.439 e. The molecule has 108 valence electrons. The number of benzene rings is 1. The smallest absolute Gasteiger partial charge is 0.222 e. The van der Waals surface area contributed by atoms with Crippen LogP contribution < -0.4 is 10.1 Å². The van der Waals surface area contributed by atoms with Gasteiger partial charge in [-0.3, -0.25) is 0 Å². The summed E-state index contributed by atoms with van der Waals surface area (Å²) in [5.74, 6) is 1.64. The van der Waals surface area contributed by atoms with Gasteiger partial charge in [0.1, 0.15) is 5.75 Å². The van der Waals surface area contributed by atoms with Gasteiger partial charge in [-0.05, 0) is 38.1 Å². The van der Waals surface area contributed by atoms with Crippen LogP contribution in [0.3, 0.4) is 0 Å². The van der Waals surface area contributed by atoms with E-state index >= 15 is 0 Å². The highest BCUT2D eigenvalue weighted by molar-refractivity contribution is 9.10. The van der Waals surface area contributed by atoms with Crippen molar-refractivity contribution in [3.63, 3.8) is 0 Å². The van der Waals surface area contributed by atoms with E-state index in [1.165, 1.54) is 0 Å². The molecule has 0 fully saturated rings. The Bertz CT molecular complexity index is 607. The van der Waals surface area contributed by atoms with E-state index in [1.807, 2.05) is 39.1 Å². The van der Waals surface area contributed by atoms with Crippen molar-refractivity contribution >= 4 is 15.9 Å². The molecule has 0 radical (unpaired) electrons. The average Bonchev–Trinajstić information content (AvgIpc) is 2.66. The topological polar surface area (TPSA) is 39.1 Å². The molecule has 0 unspecified atom stereocenters. The highest BCUT2D eigenvalue weighted by Gasteiger charge is 2.16. The fourth-order valence-electron chi connectivity index (χ4n) is 2.05. The van der Waals surface area contributed by atoms with Crippen molar-refractivity contribution in [3.05, 3.63) is 39.5 Å². The summed E-state index contributed by atoms with van der Waals surface area (Å²) in [5, 5.41) is 7.78. The number of ether oxygens (including phenoxy) is 1. The number of hydrogen-bond donors (Lipinski definition) is 1. The van der Waals surface area contributed by atoms with Gasteiger partial charge in [0.05, 0.1) is 11.3 Å². The van der Waals surface area contributed by atoms with Crippen molar-refractivity contribution in [1.82, 2.24) is 15.1 Å². The molecule has 4 nitrogen and oxygen atoms in total. The van der Waals surface area contributed by atoms with Crippen LogP contribution in [-0.2, 0) is 13.6 Å². The van der Waals surface area contributed by atoms with E-state index in [9.17, 15) is 0 Å². The van der Waals surface area contributed by atoms with E-state index in [0.717, 1.165) is 46.0 Å². The van der Waals surface area contributed by atoms with Crippen molar-refractivity contribution in [1.29, 1.82) is 0 Å². The monoisotopic (exact) mass is 337 g/mol. The van der Waals surface area contributed by atoms with Crippen molar-refractivity contribution < 1.29 is 4.74 Å². The van der Waals surface area contributed by atoms with Gasteiger partial charge >= 0.3 is 0 Å². The molecule has 1 N–H and O–H groups in total. The van der Waals surface area contributed by atoms with Gasteiger partial charge in [-0.25, -0.2) is 4.68 Å². The minimum absolute atomic E-state index is 0.762. The molecule has 5 heteroatoms. The number of aryl methyl sites for hydroxylation is 3. The lowest BCUT2D eigenvalue weighted by Crippen LogP contribution is -2.13. The Morgan fingerprint density at radius 3 is 2.80 bits per heavy atom. The number of nitrogens with zero attached hydrogens (tertiary/aromatic N) is 2. The highest BCUT2D eigenvalue weighted by atomic mass is 79.9. The molecule has 2 aromatic rings. The van der Waals surface area contributed by atoms with Gasteiger partial charge in [0, 0.05) is 18.1 Å². The van der Waals surface area contributed by atoms with Crippen LogP contribution in [0.2, 0.25) is 0 Å². The van der Waals surface area contributed by atoms with Gasteiger partial charge in [-0.15, -0.1) is 0 Å². The molecular formula is C15H20BrN3O. The molecule has 1 heterocycles. The number of hydrogen-bond acceptors (Lipinski definition) is 3. The molecular weight excluding hydrogens is 318 g/mol. The highest BCUT2D eigenvalue weighted by Crippen LogP contribution is 2.31. The third kappa shape index (κ3) is 3.22. The Morgan fingerprint density at radius 1 is 1.35 bits per heavy atom. The predicted octanol–water partition coefficient (Wildman–Crippen LogP) is 3.70. The quantitative estimate of drug-likeness (QED) is 0.904. The molecule has 0 aliphatic heterocycles. The summed E-state index contributed by atoms with van der Waals surface area (Å²) < 4.78 is 8.90. The van der Waals surface area contributed by atoms with Gasteiger partial charge in [0.15, 0.2) is 0 Å². The van der Waals surface area contributed by atoms with Gasteiger partial charge in [-0.1, -0.05) is 28.9 Å². The van der Waals surface area contributed by atoms with E-state index in [4.69, 9.17) is 4.74 Å². The van der Waals surface area contributed by atoms with E-state index in [0.29, 0.717) is 0 Å². The minimum Gasteiger partial charge on any atom is -0.439 e. The Kier molecular flexibility index (Phi) is 4.83. The van der Waals surface area contributed by atoms with Crippen LogP contribution in [0.15, 0.2) is 22.7 Å². The first-order valence-electron chi connectivity index (χ1n) is 6.70. The zero-order valence-corrected chi connectivity index (χ0v) is 13.9. The first kappa shape index (κ1) is 15.1. The van der Waals surface area contributed by atoms with E-state index in [-0.39, 0.29) is 0 Å². The molecule has 0 amide bonds. The van der Waals surface area contributed by atoms with E-state index in [2.05, 4.69) is 33.3 Å². The molecule has 0 aliphatic carbocycles. The normalized spacial score (nSPS) is 10.8. The fraction of sp³-hybridized carbons (Fsp3) is 0.400. The van der Waals surface area contributed by atoms with E-state index in [1.54, 1.807) is 4.68 Å². The Morgan fingerprint density at radius 2 is 2.10 bits per heavy atom. The summed E-state index contributed by atoms with van der Waals surface area (Å²) in [7, 11) is 1.91. The molecule has 20 heavy (non-hydrogen) atoms. The summed E-state index contributed by atoms with van der Waals surface area (Å²) in [4.78, 5) is 0. The lowest BCUT2D eigenvalue weighted by Gasteiger charge is -2.11. The third-order valence-electron chi connectivity index (χ3n) is 3.20. The molecule has 1 aromatic heterocycles. The second kappa shape index (κ2) is 6.41. The lowest BCUT2D eigenvalue weighted by molar-refractivity contribution is 0.421. The van der Waals surface area contributed by atoms with Gasteiger partial charge in [0.2, 0.25) is 5.88 Å². The van der Waals surface area contributed by atoms with Gasteiger partial charge in [-0.2, -0.15) is 5.10 Å². The first-order chi connectivity index (χ1) is 9.52. The standard InChI is InChI=1S/C15H20BrN3O/c1-5-17-9-13-11(3)18-19(4)15(13)20-14-8-12(16)7-6-10(14)2/h6-8,17H,5,9H2,1-4H3. The molecule has 2 rings (SSSR count). The molecule has 1 aromatic carbocycles. The second-order valence-electron chi connectivity index (χ2n) is 4.78. The summed E-state index contributed by atoms with van der Waals surface area (Å²) in [5.41, 5.74) is 3.20. The number of halogens is 1. The summed E-state index contributed by atoms with van der Waals surface area (Å²) in [6.07, 6.45) is 0. The summed E-state index contributed by atoms with van der Waals surface area (Å²) >= 11 is 3.48. The van der Waals surface area contributed by atoms with Crippen LogP contribution >= 0.6 is 15.9 Å². The Hall–Kier alpha value is -1.33. The maximum atomic E-state index is 6.10. The van der Waals surface area contributed by atoms with Crippen LogP contribution in [0, 0.1) is 13.8 Å². The Balaban J connectivity index is 2.35. The number of aromatic nitrogens is 2. The number of nitrogens with one attached hydrogen (secondary N) is 1. The molecule has 0 saturated heterocycles. The molecule has 0 spiro atoms. The summed E-state index contributed by atoms with van der Waals surface area (Å²) in [6, 6.07) is 6.03. The lowest BCUT2D eigenvalue weighted by atomic mass is 10.2.